The highest BCUT2D eigenvalue weighted by Gasteiger charge is 2.20. The van der Waals surface area contributed by atoms with Crippen LogP contribution < -0.4 is 5.32 Å². The Labute approximate surface area is 155 Å². The van der Waals surface area contributed by atoms with Gasteiger partial charge in [0.15, 0.2) is 0 Å². The Balaban J connectivity index is 1.66. The normalized spacial score (nSPS) is 10.7. The molecule has 2 aromatic heterocycles. The number of nitrogens with one attached hydrogen (secondary N) is 1. The van der Waals surface area contributed by atoms with E-state index >= 15 is 0 Å². The molecule has 0 aliphatic heterocycles. The van der Waals surface area contributed by atoms with Crippen LogP contribution in [0.2, 0.25) is 5.15 Å². The zero-order valence-electron chi connectivity index (χ0n) is 14.2. The third-order valence-corrected chi connectivity index (χ3v) is 4.34. The lowest BCUT2D eigenvalue weighted by molar-refractivity contribution is 0.0953. The Kier molecular flexibility index (Phi) is 5.63. The van der Waals surface area contributed by atoms with E-state index in [-0.39, 0.29) is 16.9 Å². The lowest BCUT2D eigenvalue weighted by Crippen LogP contribution is -2.26. The Hall–Kier alpha value is -2.73. The molecule has 0 aliphatic carbocycles. The van der Waals surface area contributed by atoms with Gasteiger partial charge in [-0.1, -0.05) is 29.8 Å². The van der Waals surface area contributed by atoms with Crippen molar-refractivity contribution in [3.8, 4) is 0 Å². The van der Waals surface area contributed by atoms with Crippen molar-refractivity contribution in [2.75, 3.05) is 6.54 Å². The maximum atomic E-state index is 13.0. The number of aromatic nitrogens is 3. The zero-order valence-corrected chi connectivity index (χ0v) is 15.0. The molecule has 1 aromatic carbocycles. The van der Waals surface area contributed by atoms with Crippen molar-refractivity contribution in [1.29, 1.82) is 0 Å². The van der Waals surface area contributed by atoms with E-state index in [2.05, 4.69) is 15.4 Å². The third kappa shape index (κ3) is 4.26. The molecule has 7 heteroatoms. The fourth-order valence-electron chi connectivity index (χ4n) is 2.63. The Morgan fingerprint density at radius 1 is 1.23 bits per heavy atom. The molecule has 134 valence electrons. The smallest absolute Gasteiger partial charge is 0.256 e. The van der Waals surface area contributed by atoms with Crippen LogP contribution in [-0.2, 0) is 13.0 Å². The number of rotatable bonds is 6. The first-order valence-corrected chi connectivity index (χ1v) is 8.57. The molecule has 3 rings (SSSR count). The van der Waals surface area contributed by atoms with Gasteiger partial charge in [0.2, 0.25) is 0 Å². The number of hydrogen-bond donors (Lipinski definition) is 1. The largest absolute Gasteiger partial charge is 0.352 e. The molecule has 0 fully saturated rings. The summed E-state index contributed by atoms with van der Waals surface area (Å²) in [7, 11) is 0. The van der Waals surface area contributed by atoms with Crippen molar-refractivity contribution in [2.24, 2.45) is 0 Å². The lowest BCUT2D eigenvalue weighted by Gasteiger charge is -2.06. The SMILES string of the molecule is Cc1nn(Cc2ccc(F)cc2)c(Cl)c1C(=O)NCCc1cccnc1. The van der Waals surface area contributed by atoms with Crippen LogP contribution in [0.4, 0.5) is 4.39 Å². The molecule has 0 aliphatic rings. The summed E-state index contributed by atoms with van der Waals surface area (Å²) in [6.45, 7) is 2.58. The number of carbonyl (C=O) groups is 1. The Morgan fingerprint density at radius 2 is 2.00 bits per heavy atom. The van der Waals surface area contributed by atoms with E-state index in [4.69, 9.17) is 11.6 Å². The third-order valence-electron chi connectivity index (χ3n) is 3.96. The number of aryl methyl sites for hydroxylation is 1. The fourth-order valence-corrected chi connectivity index (χ4v) is 2.95. The summed E-state index contributed by atoms with van der Waals surface area (Å²) in [5.41, 5.74) is 2.80. The summed E-state index contributed by atoms with van der Waals surface area (Å²) >= 11 is 6.36. The highest BCUT2D eigenvalue weighted by Crippen LogP contribution is 2.21. The van der Waals surface area contributed by atoms with Crippen molar-refractivity contribution >= 4 is 17.5 Å². The molecule has 0 atom stereocenters. The highest BCUT2D eigenvalue weighted by atomic mass is 35.5. The standard InChI is InChI=1S/C19H18ClFN4O/c1-13-17(19(26)23-10-8-14-3-2-9-22-11-14)18(20)25(24-13)12-15-4-6-16(21)7-5-15/h2-7,9,11H,8,10,12H2,1H3,(H,23,26). The molecule has 5 nitrogen and oxygen atoms in total. The van der Waals surface area contributed by atoms with E-state index in [0.29, 0.717) is 30.8 Å². The summed E-state index contributed by atoms with van der Waals surface area (Å²) in [6, 6.07) is 9.90. The van der Waals surface area contributed by atoms with E-state index in [1.165, 1.54) is 12.1 Å². The number of carbonyl (C=O) groups excluding carboxylic acids is 1. The van der Waals surface area contributed by atoms with Gasteiger partial charge in [-0.15, -0.1) is 0 Å². The number of halogens is 2. The van der Waals surface area contributed by atoms with Crippen LogP contribution in [0.25, 0.3) is 0 Å². The zero-order chi connectivity index (χ0) is 18.5. The van der Waals surface area contributed by atoms with E-state index in [9.17, 15) is 9.18 Å². The van der Waals surface area contributed by atoms with Crippen molar-refractivity contribution in [2.45, 2.75) is 19.9 Å². The van der Waals surface area contributed by atoms with Gasteiger partial charge in [-0.25, -0.2) is 9.07 Å². The Morgan fingerprint density at radius 3 is 2.69 bits per heavy atom. The molecule has 0 radical (unpaired) electrons. The van der Waals surface area contributed by atoms with Crippen LogP contribution in [0.5, 0.6) is 0 Å². The van der Waals surface area contributed by atoms with Crippen LogP contribution in [0.15, 0.2) is 48.8 Å². The first kappa shape index (κ1) is 18.1. The predicted octanol–water partition coefficient (Wildman–Crippen LogP) is 3.40. The lowest BCUT2D eigenvalue weighted by atomic mass is 10.2. The number of hydrogen-bond acceptors (Lipinski definition) is 3. The van der Waals surface area contributed by atoms with Crippen LogP contribution in [0, 0.1) is 12.7 Å². The molecule has 3 aromatic rings. The first-order chi connectivity index (χ1) is 12.5. The minimum Gasteiger partial charge on any atom is -0.352 e. The van der Waals surface area contributed by atoms with Gasteiger partial charge < -0.3 is 5.32 Å². The quantitative estimate of drug-likeness (QED) is 0.721. The van der Waals surface area contributed by atoms with Crippen molar-refractivity contribution in [3.05, 3.63) is 82.1 Å². The van der Waals surface area contributed by atoms with E-state index in [1.54, 1.807) is 36.1 Å². The fraction of sp³-hybridized carbons (Fsp3) is 0.211. The molecular weight excluding hydrogens is 355 g/mol. The summed E-state index contributed by atoms with van der Waals surface area (Å²) in [5, 5.41) is 7.46. The van der Waals surface area contributed by atoms with Gasteiger partial charge in [-0.3, -0.25) is 9.78 Å². The molecule has 0 saturated carbocycles. The van der Waals surface area contributed by atoms with Crippen LogP contribution in [-0.4, -0.2) is 27.2 Å². The van der Waals surface area contributed by atoms with Crippen LogP contribution in [0.3, 0.4) is 0 Å². The van der Waals surface area contributed by atoms with Crippen molar-refractivity contribution in [1.82, 2.24) is 20.1 Å². The maximum Gasteiger partial charge on any atom is 0.256 e. The molecule has 0 bridgehead atoms. The van der Waals surface area contributed by atoms with E-state index in [0.717, 1.165) is 11.1 Å². The minimum absolute atomic E-state index is 0.262. The molecular formula is C19H18ClFN4O. The second-order valence-electron chi connectivity index (χ2n) is 5.90. The van der Waals surface area contributed by atoms with Gasteiger partial charge in [0.05, 0.1) is 17.8 Å². The molecule has 0 saturated heterocycles. The molecule has 1 amide bonds. The number of amides is 1. The summed E-state index contributed by atoms with van der Waals surface area (Å²) in [5.74, 6) is -0.563. The Bertz CT molecular complexity index is 894. The van der Waals surface area contributed by atoms with Crippen LogP contribution >= 0.6 is 11.6 Å². The van der Waals surface area contributed by atoms with Gasteiger partial charge in [-0.2, -0.15) is 5.10 Å². The average molecular weight is 373 g/mol. The topological polar surface area (TPSA) is 59.8 Å². The van der Waals surface area contributed by atoms with Gasteiger partial charge in [0.25, 0.3) is 5.91 Å². The van der Waals surface area contributed by atoms with Crippen molar-refractivity contribution < 1.29 is 9.18 Å². The number of pyridine rings is 1. The number of benzene rings is 1. The molecule has 2 heterocycles. The van der Waals surface area contributed by atoms with E-state index < -0.39 is 0 Å². The predicted molar refractivity (Wildman–Crippen MR) is 97.8 cm³/mol. The average Bonchev–Trinajstić information content (AvgIpc) is 2.91. The molecule has 26 heavy (non-hydrogen) atoms. The highest BCUT2D eigenvalue weighted by molar-refractivity contribution is 6.33. The monoisotopic (exact) mass is 372 g/mol. The van der Waals surface area contributed by atoms with Gasteiger partial charge >= 0.3 is 0 Å². The second-order valence-corrected chi connectivity index (χ2v) is 6.26. The first-order valence-electron chi connectivity index (χ1n) is 8.19. The summed E-state index contributed by atoms with van der Waals surface area (Å²) < 4.78 is 14.6. The molecule has 0 spiro atoms. The minimum atomic E-state index is -0.301. The molecule has 1 N–H and O–H groups in total. The van der Waals surface area contributed by atoms with Crippen LogP contribution in [0.1, 0.15) is 27.2 Å². The van der Waals surface area contributed by atoms with Gasteiger partial charge in [0, 0.05) is 18.9 Å². The summed E-state index contributed by atoms with van der Waals surface area (Å²) in [6.07, 6.45) is 4.16. The number of nitrogens with zero attached hydrogens (tertiary/aromatic N) is 3. The second kappa shape index (κ2) is 8.10. The summed E-state index contributed by atoms with van der Waals surface area (Å²) in [4.78, 5) is 16.5. The molecule has 0 unspecified atom stereocenters. The van der Waals surface area contributed by atoms with Gasteiger partial charge in [-0.05, 0) is 42.7 Å². The van der Waals surface area contributed by atoms with Crippen molar-refractivity contribution in [3.63, 3.8) is 0 Å². The van der Waals surface area contributed by atoms with E-state index in [1.807, 2.05) is 12.1 Å². The maximum absolute atomic E-state index is 13.0. The van der Waals surface area contributed by atoms with Gasteiger partial charge in [0.1, 0.15) is 11.0 Å².